The largest absolute Gasteiger partial charge is 0.494 e. The van der Waals surface area contributed by atoms with Crippen LogP contribution >= 0.6 is 0 Å². The molecule has 0 aliphatic carbocycles. The summed E-state index contributed by atoms with van der Waals surface area (Å²) in [6.07, 6.45) is 0.210. The van der Waals surface area contributed by atoms with Crippen molar-refractivity contribution in [2.24, 2.45) is 11.7 Å². The fraction of sp³-hybridized carbons (Fsp3) is 0.571. The van der Waals surface area contributed by atoms with Gasteiger partial charge in [-0.3, -0.25) is 0 Å². The maximum atomic E-state index is 10.1. The molecule has 1 aromatic rings. The summed E-state index contributed by atoms with van der Waals surface area (Å²) in [5.74, 6) is 1.31. The second-order valence-electron chi connectivity index (χ2n) is 4.74. The molecule has 1 aromatic carbocycles. The van der Waals surface area contributed by atoms with Crippen LogP contribution < -0.4 is 10.5 Å². The fourth-order valence-corrected chi connectivity index (χ4v) is 1.85. The highest BCUT2D eigenvalue weighted by Gasteiger charge is 2.17. The van der Waals surface area contributed by atoms with Gasteiger partial charge in [-0.05, 0) is 37.0 Å². The highest BCUT2D eigenvalue weighted by molar-refractivity contribution is 5.29. The SMILES string of the molecule is CCOc1ccc(C(O)C(N)CC(C)C)cc1. The molecule has 17 heavy (non-hydrogen) atoms. The minimum absolute atomic E-state index is 0.215. The highest BCUT2D eigenvalue weighted by atomic mass is 16.5. The molecule has 0 amide bonds. The molecule has 0 spiro atoms. The summed E-state index contributed by atoms with van der Waals surface area (Å²) in [5.41, 5.74) is 6.81. The van der Waals surface area contributed by atoms with Crippen molar-refractivity contribution in [2.75, 3.05) is 6.61 Å². The first-order valence-corrected chi connectivity index (χ1v) is 6.21. The number of hydrogen-bond acceptors (Lipinski definition) is 3. The first-order chi connectivity index (χ1) is 8.04. The van der Waals surface area contributed by atoms with Gasteiger partial charge in [0, 0.05) is 6.04 Å². The zero-order valence-electron chi connectivity index (χ0n) is 10.9. The van der Waals surface area contributed by atoms with Crippen LogP contribution in [-0.4, -0.2) is 17.8 Å². The Bertz CT molecular complexity index is 321. The molecule has 0 saturated carbocycles. The zero-order valence-corrected chi connectivity index (χ0v) is 10.9. The van der Waals surface area contributed by atoms with Gasteiger partial charge >= 0.3 is 0 Å². The number of aliphatic hydroxyl groups is 1. The van der Waals surface area contributed by atoms with Crippen molar-refractivity contribution < 1.29 is 9.84 Å². The van der Waals surface area contributed by atoms with Crippen LogP contribution in [0.4, 0.5) is 0 Å². The Labute approximate surface area is 104 Å². The van der Waals surface area contributed by atoms with E-state index in [2.05, 4.69) is 13.8 Å². The van der Waals surface area contributed by atoms with Crippen molar-refractivity contribution in [1.82, 2.24) is 0 Å². The van der Waals surface area contributed by atoms with Crippen LogP contribution in [-0.2, 0) is 0 Å². The standard InChI is InChI=1S/C14H23NO2/c1-4-17-12-7-5-11(6-8-12)14(16)13(15)9-10(2)3/h5-8,10,13-14,16H,4,9,15H2,1-3H3. The lowest BCUT2D eigenvalue weighted by Crippen LogP contribution is -2.29. The summed E-state index contributed by atoms with van der Waals surface area (Å²) >= 11 is 0. The van der Waals surface area contributed by atoms with Crippen molar-refractivity contribution in [1.29, 1.82) is 0 Å². The quantitative estimate of drug-likeness (QED) is 0.799. The third-order valence-corrected chi connectivity index (χ3v) is 2.68. The summed E-state index contributed by atoms with van der Waals surface area (Å²) < 4.78 is 5.35. The molecular formula is C14H23NO2. The molecule has 0 aliphatic heterocycles. The summed E-state index contributed by atoms with van der Waals surface area (Å²) in [5, 5.41) is 10.1. The molecule has 3 N–H and O–H groups in total. The van der Waals surface area contributed by atoms with Crippen LogP contribution in [0.25, 0.3) is 0 Å². The number of rotatable bonds is 6. The van der Waals surface area contributed by atoms with Gasteiger partial charge in [0.25, 0.3) is 0 Å². The molecule has 0 aliphatic rings. The Morgan fingerprint density at radius 2 is 1.82 bits per heavy atom. The van der Waals surface area contributed by atoms with E-state index < -0.39 is 6.10 Å². The van der Waals surface area contributed by atoms with Gasteiger partial charge in [0.1, 0.15) is 5.75 Å². The molecule has 96 valence electrons. The van der Waals surface area contributed by atoms with Crippen molar-refractivity contribution in [2.45, 2.75) is 39.3 Å². The summed E-state index contributed by atoms with van der Waals surface area (Å²) in [6.45, 7) is 6.80. The minimum atomic E-state index is -0.604. The first kappa shape index (κ1) is 14.0. The number of benzene rings is 1. The van der Waals surface area contributed by atoms with E-state index in [1.807, 2.05) is 31.2 Å². The summed E-state index contributed by atoms with van der Waals surface area (Å²) in [6, 6.07) is 7.26. The van der Waals surface area contributed by atoms with Gasteiger partial charge < -0.3 is 15.6 Å². The van der Waals surface area contributed by atoms with Gasteiger partial charge in [-0.25, -0.2) is 0 Å². The molecule has 3 nitrogen and oxygen atoms in total. The highest BCUT2D eigenvalue weighted by Crippen LogP contribution is 2.22. The van der Waals surface area contributed by atoms with E-state index in [4.69, 9.17) is 10.5 Å². The topological polar surface area (TPSA) is 55.5 Å². The van der Waals surface area contributed by atoms with Crippen LogP contribution in [0.5, 0.6) is 5.75 Å². The van der Waals surface area contributed by atoms with Crippen LogP contribution in [0.3, 0.4) is 0 Å². The van der Waals surface area contributed by atoms with E-state index in [9.17, 15) is 5.11 Å². The molecule has 0 saturated heterocycles. The van der Waals surface area contributed by atoms with Gasteiger partial charge in [0.2, 0.25) is 0 Å². The van der Waals surface area contributed by atoms with Crippen LogP contribution in [0.1, 0.15) is 38.9 Å². The second kappa shape index (κ2) is 6.62. The second-order valence-corrected chi connectivity index (χ2v) is 4.74. The number of ether oxygens (including phenoxy) is 1. The molecule has 0 heterocycles. The first-order valence-electron chi connectivity index (χ1n) is 6.21. The molecule has 2 atom stereocenters. The Morgan fingerprint density at radius 3 is 2.29 bits per heavy atom. The van der Waals surface area contributed by atoms with Gasteiger partial charge in [-0.2, -0.15) is 0 Å². The van der Waals surface area contributed by atoms with Crippen LogP contribution in [0, 0.1) is 5.92 Å². The zero-order chi connectivity index (χ0) is 12.8. The molecule has 0 fully saturated rings. The van der Waals surface area contributed by atoms with Crippen molar-refractivity contribution >= 4 is 0 Å². The lowest BCUT2D eigenvalue weighted by Gasteiger charge is -2.21. The number of nitrogens with two attached hydrogens (primary N) is 1. The lowest BCUT2D eigenvalue weighted by atomic mass is 9.95. The van der Waals surface area contributed by atoms with Gasteiger partial charge in [-0.15, -0.1) is 0 Å². The summed E-state index contributed by atoms with van der Waals surface area (Å²) in [7, 11) is 0. The van der Waals surface area contributed by atoms with Crippen molar-refractivity contribution in [3.63, 3.8) is 0 Å². The maximum Gasteiger partial charge on any atom is 0.119 e. The Kier molecular flexibility index (Phi) is 5.45. The summed E-state index contributed by atoms with van der Waals surface area (Å²) in [4.78, 5) is 0. The Hall–Kier alpha value is -1.06. The van der Waals surface area contributed by atoms with Gasteiger partial charge in [-0.1, -0.05) is 26.0 Å². The molecule has 1 rings (SSSR count). The van der Waals surface area contributed by atoms with E-state index in [0.29, 0.717) is 12.5 Å². The van der Waals surface area contributed by atoms with E-state index in [-0.39, 0.29) is 6.04 Å². The molecule has 2 unspecified atom stereocenters. The molecule has 0 bridgehead atoms. The lowest BCUT2D eigenvalue weighted by molar-refractivity contribution is 0.136. The van der Waals surface area contributed by atoms with E-state index in [1.54, 1.807) is 0 Å². The predicted octanol–water partition coefficient (Wildman–Crippen LogP) is 2.49. The molecule has 0 radical (unpaired) electrons. The maximum absolute atomic E-state index is 10.1. The third-order valence-electron chi connectivity index (χ3n) is 2.68. The normalized spacial score (nSPS) is 14.7. The van der Waals surface area contributed by atoms with Crippen LogP contribution in [0.15, 0.2) is 24.3 Å². The Morgan fingerprint density at radius 1 is 1.24 bits per heavy atom. The average molecular weight is 237 g/mol. The predicted molar refractivity (Wildman–Crippen MR) is 70.0 cm³/mol. The fourth-order valence-electron chi connectivity index (χ4n) is 1.85. The minimum Gasteiger partial charge on any atom is -0.494 e. The van der Waals surface area contributed by atoms with E-state index >= 15 is 0 Å². The third kappa shape index (κ3) is 4.36. The number of hydrogen-bond donors (Lipinski definition) is 2. The van der Waals surface area contributed by atoms with E-state index in [0.717, 1.165) is 17.7 Å². The molecule has 3 heteroatoms. The molecule has 0 aromatic heterocycles. The number of aliphatic hydroxyl groups excluding tert-OH is 1. The average Bonchev–Trinajstić information content (AvgIpc) is 2.28. The van der Waals surface area contributed by atoms with Crippen molar-refractivity contribution in [3.8, 4) is 5.75 Å². The van der Waals surface area contributed by atoms with E-state index in [1.165, 1.54) is 0 Å². The smallest absolute Gasteiger partial charge is 0.119 e. The Balaban J connectivity index is 2.65. The van der Waals surface area contributed by atoms with Gasteiger partial charge in [0.15, 0.2) is 0 Å². The van der Waals surface area contributed by atoms with Crippen LogP contribution in [0.2, 0.25) is 0 Å². The van der Waals surface area contributed by atoms with Crippen molar-refractivity contribution in [3.05, 3.63) is 29.8 Å². The monoisotopic (exact) mass is 237 g/mol. The van der Waals surface area contributed by atoms with Gasteiger partial charge in [0.05, 0.1) is 12.7 Å². The molecular weight excluding hydrogens is 214 g/mol.